The molecule has 0 amide bonds. The maximum absolute atomic E-state index is 3.95. The number of rotatable bonds is 2. The van der Waals surface area contributed by atoms with Crippen molar-refractivity contribution in [2.45, 2.75) is 13.8 Å². The minimum absolute atomic E-state index is 0.512. The number of hydrogen-bond donors (Lipinski definition) is 0. The Kier molecular flexibility index (Phi) is 3.43. The summed E-state index contributed by atoms with van der Waals surface area (Å²) in [5.74, 6) is 0.512. The molecule has 1 aromatic carbocycles. The van der Waals surface area contributed by atoms with Gasteiger partial charge in [0.15, 0.2) is 0 Å². The average molecular weight is 222 g/mol. The highest BCUT2D eigenvalue weighted by Gasteiger charge is 2.01. The van der Waals surface area contributed by atoms with Crippen molar-refractivity contribution >= 4 is 11.1 Å². The third-order valence-corrected chi connectivity index (χ3v) is 2.98. The summed E-state index contributed by atoms with van der Waals surface area (Å²) in [4.78, 5) is 0. The van der Waals surface area contributed by atoms with Gasteiger partial charge in [0.1, 0.15) is 0 Å². The lowest BCUT2D eigenvalue weighted by atomic mass is 10.0. The molecule has 0 heteroatoms. The van der Waals surface area contributed by atoms with Crippen molar-refractivity contribution < 1.29 is 0 Å². The SMILES string of the molecule is C=C(C)c1ccc(C2=CC=CC(C)C=C2)cc1. The van der Waals surface area contributed by atoms with Crippen molar-refractivity contribution in [2.24, 2.45) is 5.92 Å². The Labute approximate surface area is 104 Å². The third kappa shape index (κ3) is 2.85. The molecule has 0 N–H and O–H groups in total. The first kappa shape index (κ1) is 11.7. The lowest BCUT2D eigenvalue weighted by molar-refractivity contribution is 0.943. The van der Waals surface area contributed by atoms with Gasteiger partial charge in [-0.25, -0.2) is 0 Å². The van der Waals surface area contributed by atoms with Crippen molar-refractivity contribution in [3.8, 4) is 0 Å². The minimum Gasteiger partial charge on any atom is -0.0955 e. The second-order valence-electron chi connectivity index (χ2n) is 4.58. The molecule has 0 radical (unpaired) electrons. The minimum atomic E-state index is 0.512. The molecule has 1 aliphatic rings. The lowest BCUT2D eigenvalue weighted by Gasteiger charge is -2.04. The average Bonchev–Trinajstić information content (AvgIpc) is 2.54. The fourth-order valence-electron chi connectivity index (χ4n) is 1.85. The number of hydrogen-bond acceptors (Lipinski definition) is 0. The Morgan fingerprint density at radius 1 is 1.12 bits per heavy atom. The van der Waals surface area contributed by atoms with E-state index >= 15 is 0 Å². The maximum atomic E-state index is 3.95. The monoisotopic (exact) mass is 222 g/mol. The first-order valence-electron chi connectivity index (χ1n) is 6.00. The summed E-state index contributed by atoms with van der Waals surface area (Å²) in [5.41, 5.74) is 4.83. The predicted molar refractivity (Wildman–Crippen MR) is 76.6 cm³/mol. The van der Waals surface area contributed by atoms with Gasteiger partial charge >= 0.3 is 0 Å². The molecule has 2 rings (SSSR count). The third-order valence-electron chi connectivity index (χ3n) is 2.98. The smallest absolute Gasteiger partial charge is 0.00754 e. The summed E-state index contributed by atoms with van der Waals surface area (Å²) < 4.78 is 0. The van der Waals surface area contributed by atoms with Gasteiger partial charge in [0.25, 0.3) is 0 Å². The van der Waals surface area contributed by atoms with Gasteiger partial charge in [0.05, 0.1) is 0 Å². The van der Waals surface area contributed by atoms with Crippen LogP contribution < -0.4 is 0 Å². The summed E-state index contributed by atoms with van der Waals surface area (Å²) in [6.45, 7) is 8.17. The molecule has 0 fully saturated rings. The van der Waals surface area contributed by atoms with E-state index < -0.39 is 0 Å². The van der Waals surface area contributed by atoms with Crippen molar-refractivity contribution in [2.75, 3.05) is 0 Å². The molecule has 0 nitrogen and oxygen atoms in total. The molecule has 86 valence electrons. The van der Waals surface area contributed by atoms with Gasteiger partial charge < -0.3 is 0 Å². The first-order chi connectivity index (χ1) is 8.16. The molecule has 1 aliphatic carbocycles. The molecule has 1 aromatic rings. The fraction of sp³-hybridized carbons (Fsp3) is 0.176. The zero-order valence-corrected chi connectivity index (χ0v) is 10.5. The molecular weight excluding hydrogens is 204 g/mol. The second kappa shape index (κ2) is 5.01. The molecule has 17 heavy (non-hydrogen) atoms. The summed E-state index contributed by atoms with van der Waals surface area (Å²) in [7, 11) is 0. The Balaban J connectivity index is 2.29. The van der Waals surface area contributed by atoms with E-state index in [0.29, 0.717) is 5.92 Å². The van der Waals surface area contributed by atoms with E-state index in [1.807, 2.05) is 6.92 Å². The molecule has 1 unspecified atom stereocenters. The van der Waals surface area contributed by atoms with Crippen LogP contribution in [0.2, 0.25) is 0 Å². The lowest BCUT2D eigenvalue weighted by Crippen LogP contribution is -1.83. The highest BCUT2D eigenvalue weighted by atomic mass is 14.1. The van der Waals surface area contributed by atoms with Gasteiger partial charge in [-0.15, -0.1) is 0 Å². The quantitative estimate of drug-likeness (QED) is 0.670. The molecule has 0 heterocycles. The van der Waals surface area contributed by atoms with Crippen LogP contribution in [0.25, 0.3) is 11.1 Å². The first-order valence-corrected chi connectivity index (χ1v) is 6.00. The van der Waals surface area contributed by atoms with Gasteiger partial charge in [-0.3, -0.25) is 0 Å². The fourth-order valence-corrected chi connectivity index (χ4v) is 1.85. The standard InChI is InChI=1S/C17H18/c1-13(2)15-9-11-17(12-10-15)16-6-4-5-14(3)7-8-16/h4-12,14H,1H2,2-3H3. The summed E-state index contributed by atoms with van der Waals surface area (Å²) in [5, 5.41) is 0. The molecule has 0 aromatic heterocycles. The van der Waals surface area contributed by atoms with E-state index in [4.69, 9.17) is 0 Å². The van der Waals surface area contributed by atoms with Gasteiger partial charge in [0, 0.05) is 0 Å². The second-order valence-corrected chi connectivity index (χ2v) is 4.58. The molecule has 0 spiro atoms. The summed E-state index contributed by atoms with van der Waals surface area (Å²) in [6.07, 6.45) is 10.9. The van der Waals surface area contributed by atoms with Crippen LogP contribution in [0.3, 0.4) is 0 Å². The van der Waals surface area contributed by atoms with Gasteiger partial charge in [-0.2, -0.15) is 0 Å². The molecular formula is C17H18. The van der Waals surface area contributed by atoms with Gasteiger partial charge in [0.2, 0.25) is 0 Å². The number of allylic oxidation sites excluding steroid dienone is 7. The normalized spacial score (nSPS) is 18.7. The molecule has 0 saturated heterocycles. The van der Waals surface area contributed by atoms with E-state index in [1.165, 1.54) is 16.7 Å². The predicted octanol–water partition coefficient (Wildman–Crippen LogP) is 4.87. The van der Waals surface area contributed by atoms with Crippen molar-refractivity contribution in [3.63, 3.8) is 0 Å². The van der Waals surface area contributed by atoms with Crippen molar-refractivity contribution in [1.29, 1.82) is 0 Å². The van der Waals surface area contributed by atoms with E-state index in [1.54, 1.807) is 0 Å². The molecule has 0 saturated carbocycles. The highest BCUT2D eigenvalue weighted by molar-refractivity contribution is 5.77. The van der Waals surface area contributed by atoms with E-state index in [0.717, 1.165) is 5.57 Å². The Bertz CT molecular complexity index is 495. The highest BCUT2D eigenvalue weighted by Crippen LogP contribution is 2.22. The Morgan fingerprint density at radius 2 is 1.82 bits per heavy atom. The zero-order valence-electron chi connectivity index (χ0n) is 10.5. The van der Waals surface area contributed by atoms with E-state index in [-0.39, 0.29) is 0 Å². The van der Waals surface area contributed by atoms with Crippen molar-refractivity contribution in [3.05, 3.63) is 72.4 Å². The van der Waals surface area contributed by atoms with Crippen molar-refractivity contribution in [1.82, 2.24) is 0 Å². The molecule has 0 aliphatic heterocycles. The Morgan fingerprint density at radius 3 is 2.47 bits per heavy atom. The van der Waals surface area contributed by atoms with Crippen LogP contribution >= 0.6 is 0 Å². The van der Waals surface area contributed by atoms with Gasteiger partial charge in [-0.05, 0) is 29.5 Å². The van der Waals surface area contributed by atoms with Crippen LogP contribution in [-0.2, 0) is 0 Å². The van der Waals surface area contributed by atoms with E-state index in [9.17, 15) is 0 Å². The largest absolute Gasteiger partial charge is 0.0955 e. The molecule has 1 atom stereocenters. The summed E-state index contributed by atoms with van der Waals surface area (Å²) >= 11 is 0. The van der Waals surface area contributed by atoms with Crippen LogP contribution in [0.4, 0.5) is 0 Å². The number of benzene rings is 1. The van der Waals surface area contributed by atoms with Gasteiger partial charge in [-0.1, -0.05) is 73.7 Å². The topological polar surface area (TPSA) is 0 Å². The van der Waals surface area contributed by atoms with E-state index in [2.05, 4.69) is 68.1 Å². The maximum Gasteiger partial charge on any atom is -0.00754 e. The molecule has 0 bridgehead atoms. The summed E-state index contributed by atoms with van der Waals surface area (Å²) in [6, 6.07) is 8.57. The zero-order chi connectivity index (χ0) is 12.3. The van der Waals surface area contributed by atoms with Crippen LogP contribution in [-0.4, -0.2) is 0 Å². The van der Waals surface area contributed by atoms with Crippen LogP contribution in [0.15, 0.2) is 61.2 Å². The van der Waals surface area contributed by atoms with Crippen LogP contribution in [0.5, 0.6) is 0 Å². The van der Waals surface area contributed by atoms with Crippen LogP contribution in [0, 0.1) is 5.92 Å². The van der Waals surface area contributed by atoms with Crippen LogP contribution in [0.1, 0.15) is 25.0 Å². The Hall–Kier alpha value is -1.82.